The van der Waals surface area contributed by atoms with Crippen molar-refractivity contribution in [2.45, 2.75) is 6.04 Å². The van der Waals surface area contributed by atoms with Crippen LogP contribution in [0.3, 0.4) is 0 Å². The number of nitriles is 1. The fraction of sp³-hybridized carbons (Fsp3) is 0.417. The van der Waals surface area contributed by atoms with E-state index in [9.17, 15) is 5.26 Å². The van der Waals surface area contributed by atoms with Crippen molar-refractivity contribution in [3.8, 4) is 6.07 Å². The molecule has 1 N–H and O–H groups in total. The SMILES string of the molecule is N#CC(c1ccc(Cl)cc1)N1CCNCC1. The van der Waals surface area contributed by atoms with Crippen LogP contribution in [0.25, 0.3) is 0 Å². The average molecular weight is 236 g/mol. The molecule has 1 unspecified atom stereocenters. The van der Waals surface area contributed by atoms with Gasteiger partial charge in [-0.1, -0.05) is 23.7 Å². The Balaban J connectivity index is 2.15. The van der Waals surface area contributed by atoms with Gasteiger partial charge in [0.2, 0.25) is 0 Å². The maximum absolute atomic E-state index is 9.26. The molecular formula is C12H14ClN3. The van der Waals surface area contributed by atoms with E-state index in [-0.39, 0.29) is 6.04 Å². The van der Waals surface area contributed by atoms with Crippen LogP contribution in [-0.4, -0.2) is 31.1 Å². The molecule has 0 saturated carbocycles. The van der Waals surface area contributed by atoms with Gasteiger partial charge in [-0.25, -0.2) is 0 Å². The number of nitrogens with one attached hydrogen (secondary N) is 1. The molecular weight excluding hydrogens is 222 g/mol. The average Bonchev–Trinajstić information content (AvgIpc) is 2.34. The minimum absolute atomic E-state index is 0.153. The van der Waals surface area contributed by atoms with E-state index in [0.29, 0.717) is 5.02 Å². The lowest BCUT2D eigenvalue weighted by atomic mass is 10.1. The van der Waals surface area contributed by atoms with Gasteiger partial charge in [-0.2, -0.15) is 5.26 Å². The molecule has 2 rings (SSSR count). The van der Waals surface area contributed by atoms with Crippen molar-refractivity contribution in [1.82, 2.24) is 10.2 Å². The van der Waals surface area contributed by atoms with Crippen molar-refractivity contribution in [1.29, 1.82) is 5.26 Å². The smallest absolute Gasteiger partial charge is 0.123 e. The molecule has 1 fully saturated rings. The molecule has 4 heteroatoms. The van der Waals surface area contributed by atoms with Crippen LogP contribution in [0.5, 0.6) is 0 Å². The van der Waals surface area contributed by atoms with E-state index >= 15 is 0 Å². The summed E-state index contributed by atoms with van der Waals surface area (Å²) in [5.41, 5.74) is 1.02. The van der Waals surface area contributed by atoms with Gasteiger partial charge >= 0.3 is 0 Å². The first-order valence-corrected chi connectivity index (χ1v) is 5.79. The van der Waals surface area contributed by atoms with E-state index in [0.717, 1.165) is 31.7 Å². The second kappa shape index (κ2) is 5.31. The number of benzene rings is 1. The molecule has 0 bridgehead atoms. The normalized spacial score (nSPS) is 19.0. The van der Waals surface area contributed by atoms with E-state index < -0.39 is 0 Å². The summed E-state index contributed by atoms with van der Waals surface area (Å²) < 4.78 is 0. The van der Waals surface area contributed by atoms with Crippen molar-refractivity contribution in [3.63, 3.8) is 0 Å². The maximum Gasteiger partial charge on any atom is 0.123 e. The highest BCUT2D eigenvalue weighted by Gasteiger charge is 2.21. The van der Waals surface area contributed by atoms with E-state index in [2.05, 4.69) is 16.3 Å². The van der Waals surface area contributed by atoms with E-state index in [4.69, 9.17) is 11.6 Å². The molecule has 0 amide bonds. The van der Waals surface area contributed by atoms with Crippen molar-refractivity contribution in [2.75, 3.05) is 26.2 Å². The fourth-order valence-corrected chi connectivity index (χ4v) is 2.08. The number of nitrogens with zero attached hydrogens (tertiary/aromatic N) is 2. The van der Waals surface area contributed by atoms with Crippen LogP contribution in [0.4, 0.5) is 0 Å². The molecule has 1 heterocycles. The summed E-state index contributed by atoms with van der Waals surface area (Å²) in [4.78, 5) is 2.19. The molecule has 1 aliphatic rings. The Hall–Kier alpha value is -1.08. The van der Waals surface area contributed by atoms with Gasteiger partial charge in [0.15, 0.2) is 0 Å². The summed E-state index contributed by atoms with van der Waals surface area (Å²) in [7, 11) is 0. The summed E-state index contributed by atoms with van der Waals surface area (Å²) >= 11 is 5.84. The standard InChI is InChI=1S/C12H14ClN3/c13-11-3-1-10(2-4-11)12(9-14)16-7-5-15-6-8-16/h1-4,12,15H,5-8H2. The molecule has 16 heavy (non-hydrogen) atoms. The molecule has 1 aliphatic heterocycles. The van der Waals surface area contributed by atoms with Crippen LogP contribution >= 0.6 is 11.6 Å². The van der Waals surface area contributed by atoms with E-state index in [1.54, 1.807) is 0 Å². The zero-order valence-corrected chi connectivity index (χ0v) is 9.74. The minimum atomic E-state index is -0.153. The van der Waals surface area contributed by atoms with Gasteiger partial charge in [0.25, 0.3) is 0 Å². The Morgan fingerprint density at radius 3 is 2.44 bits per heavy atom. The second-order valence-corrected chi connectivity index (χ2v) is 4.31. The Morgan fingerprint density at radius 1 is 1.25 bits per heavy atom. The van der Waals surface area contributed by atoms with Gasteiger partial charge in [-0.3, -0.25) is 4.90 Å². The third kappa shape index (κ3) is 2.53. The van der Waals surface area contributed by atoms with E-state index in [1.165, 1.54) is 0 Å². The second-order valence-electron chi connectivity index (χ2n) is 3.87. The molecule has 0 aromatic heterocycles. The lowest BCUT2D eigenvalue weighted by molar-refractivity contribution is 0.207. The number of piperazine rings is 1. The van der Waals surface area contributed by atoms with E-state index in [1.807, 2.05) is 24.3 Å². The van der Waals surface area contributed by atoms with Gasteiger partial charge in [0.05, 0.1) is 6.07 Å². The first kappa shape index (κ1) is 11.4. The zero-order chi connectivity index (χ0) is 11.4. The number of hydrogen-bond acceptors (Lipinski definition) is 3. The molecule has 3 nitrogen and oxygen atoms in total. The number of rotatable bonds is 2. The summed E-state index contributed by atoms with van der Waals surface area (Å²) in [5, 5.41) is 13.2. The quantitative estimate of drug-likeness (QED) is 0.850. The molecule has 1 atom stereocenters. The largest absolute Gasteiger partial charge is 0.314 e. The Bertz CT molecular complexity index is 376. The third-order valence-electron chi connectivity index (χ3n) is 2.82. The first-order valence-electron chi connectivity index (χ1n) is 5.41. The number of hydrogen-bond donors (Lipinski definition) is 1. The summed E-state index contributed by atoms with van der Waals surface area (Å²) in [5.74, 6) is 0. The predicted octanol–water partition coefficient (Wildman–Crippen LogP) is 1.81. The Morgan fingerprint density at radius 2 is 1.88 bits per heavy atom. The highest BCUT2D eigenvalue weighted by molar-refractivity contribution is 6.30. The molecule has 0 spiro atoms. The summed E-state index contributed by atoms with van der Waals surface area (Å²) in [6.45, 7) is 3.74. The molecule has 1 aromatic carbocycles. The lowest BCUT2D eigenvalue weighted by Crippen LogP contribution is -2.44. The summed E-state index contributed by atoms with van der Waals surface area (Å²) in [6.07, 6.45) is 0. The molecule has 0 aliphatic carbocycles. The van der Waals surface area contributed by atoms with Crippen LogP contribution < -0.4 is 5.32 Å². The van der Waals surface area contributed by atoms with Crippen molar-refractivity contribution in [3.05, 3.63) is 34.9 Å². The van der Waals surface area contributed by atoms with Crippen LogP contribution in [0.15, 0.2) is 24.3 Å². The van der Waals surface area contributed by atoms with Crippen molar-refractivity contribution >= 4 is 11.6 Å². The van der Waals surface area contributed by atoms with Crippen molar-refractivity contribution in [2.24, 2.45) is 0 Å². The Labute approximate surface area is 101 Å². The highest BCUT2D eigenvalue weighted by Crippen LogP contribution is 2.21. The fourth-order valence-electron chi connectivity index (χ4n) is 1.95. The van der Waals surface area contributed by atoms with Crippen LogP contribution in [0.2, 0.25) is 5.02 Å². The maximum atomic E-state index is 9.26. The van der Waals surface area contributed by atoms with Gasteiger partial charge in [-0.05, 0) is 17.7 Å². The predicted molar refractivity (Wildman–Crippen MR) is 64.2 cm³/mol. The van der Waals surface area contributed by atoms with Crippen LogP contribution in [0, 0.1) is 11.3 Å². The van der Waals surface area contributed by atoms with Gasteiger partial charge in [0, 0.05) is 31.2 Å². The van der Waals surface area contributed by atoms with Gasteiger partial charge in [0.1, 0.15) is 6.04 Å². The molecule has 0 radical (unpaired) electrons. The minimum Gasteiger partial charge on any atom is -0.314 e. The molecule has 84 valence electrons. The van der Waals surface area contributed by atoms with Crippen LogP contribution in [-0.2, 0) is 0 Å². The first-order chi connectivity index (χ1) is 7.81. The third-order valence-corrected chi connectivity index (χ3v) is 3.08. The Kier molecular flexibility index (Phi) is 3.79. The van der Waals surface area contributed by atoms with Gasteiger partial charge < -0.3 is 5.32 Å². The van der Waals surface area contributed by atoms with Gasteiger partial charge in [-0.15, -0.1) is 0 Å². The summed E-state index contributed by atoms with van der Waals surface area (Å²) in [6, 6.07) is 9.74. The lowest BCUT2D eigenvalue weighted by Gasteiger charge is -2.31. The monoisotopic (exact) mass is 235 g/mol. The zero-order valence-electron chi connectivity index (χ0n) is 8.99. The molecule has 1 saturated heterocycles. The molecule has 1 aromatic rings. The van der Waals surface area contributed by atoms with Crippen LogP contribution in [0.1, 0.15) is 11.6 Å². The highest BCUT2D eigenvalue weighted by atomic mass is 35.5. The number of halogens is 1. The topological polar surface area (TPSA) is 39.1 Å². The van der Waals surface area contributed by atoms with Crippen molar-refractivity contribution < 1.29 is 0 Å².